The van der Waals surface area contributed by atoms with Crippen LogP contribution in [0.2, 0.25) is 0 Å². The largest absolute Gasteiger partial charge is 0.369 e. The second-order valence-electron chi connectivity index (χ2n) is 2.92. The third-order valence-corrected chi connectivity index (χ3v) is 2.03. The molecule has 1 unspecified atom stereocenters. The van der Waals surface area contributed by atoms with E-state index in [9.17, 15) is 5.11 Å². The Kier molecular flexibility index (Phi) is 2.15. The molecule has 2 rings (SSSR count). The number of rotatable bonds is 1. The molecule has 0 spiro atoms. The van der Waals surface area contributed by atoms with Crippen LogP contribution in [0.5, 0.6) is 0 Å². The number of hydrogen-bond acceptors (Lipinski definition) is 2. The summed E-state index contributed by atoms with van der Waals surface area (Å²) in [5.74, 6) is 0. The summed E-state index contributed by atoms with van der Waals surface area (Å²) in [5, 5.41) is 12.4. The number of benzene rings is 1. The maximum atomic E-state index is 9.59. The van der Waals surface area contributed by atoms with E-state index in [2.05, 4.69) is 5.32 Å². The van der Waals surface area contributed by atoms with Crippen LogP contribution in [0.1, 0.15) is 5.56 Å². The highest BCUT2D eigenvalue weighted by molar-refractivity contribution is 5.70. The van der Waals surface area contributed by atoms with Crippen LogP contribution in [0.3, 0.4) is 0 Å². The number of aliphatic hydroxyl groups excluding tert-OH is 1. The van der Waals surface area contributed by atoms with E-state index in [1.165, 1.54) is 0 Å². The molecule has 0 amide bonds. The van der Waals surface area contributed by atoms with Gasteiger partial charge in [-0.2, -0.15) is 0 Å². The summed E-state index contributed by atoms with van der Waals surface area (Å²) in [6, 6.07) is 9.84. The van der Waals surface area contributed by atoms with Crippen molar-refractivity contribution in [2.75, 3.05) is 0 Å². The second kappa shape index (κ2) is 3.46. The first-order valence-electron chi connectivity index (χ1n) is 4.24. The monoisotopic (exact) mass is 173 g/mol. The van der Waals surface area contributed by atoms with Crippen molar-refractivity contribution < 1.29 is 5.11 Å². The molecule has 0 fully saturated rings. The van der Waals surface area contributed by atoms with Crippen molar-refractivity contribution in [2.24, 2.45) is 0 Å². The summed E-state index contributed by atoms with van der Waals surface area (Å²) in [5.41, 5.74) is 1.95. The van der Waals surface area contributed by atoms with Crippen LogP contribution < -0.4 is 5.32 Å². The van der Waals surface area contributed by atoms with Gasteiger partial charge in [-0.25, -0.2) is 0 Å². The standard InChI is InChI=1S/C11H11NO/c13-11-10(7-4-8-12-11)9-5-2-1-3-6-9/h1-8,11-13H. The van der Waals surface area contributed by atoms with Crippen molar-refractivity contribution in [1.82, 2.24) is 5.32 Å². The quantitative estimate of drug-likeness (QED) is 0.674. The lowest BCUT2D eigenvalue weighted by molar-refractivity contribution is 0.210. The molecule has 1 aliphatic rings. The minimum Gasteiger partial charge on any atom is -0.369 e. The van der Waals surface area contributed by atoms with Crippen molar-refractivity contribution in [3.05, 3.63) is 54.2 Å². The second-order valence-corrected chi connectivity index (χ2v) is 2.92. The molecule has 2 N–H and O–H groups in total. The lowest BCUT2D eigenvalue weighted by atomic mass is 10.0. The Labute approximate surface area is 77.2 Å². The number of dihydropyridines is 1. The zero-order valence-corrected chi connectivity index (χ0v) is 7.14. The van der Waals surface area contributed by atoms with Crippen LogP contribution in [0.25, 0.3) is 5.57 Å². The highest BCUT2D eigenvalue weighted by atomic mass is 16.3. The molecule has 2 nitrogen and oxygen atoms in total. The number of allylic oxidation sites excluding steroid dienone is 2. The van der Waals surface area contributed by atoms with E-state index in [1.807, 2.05) is 42.5 Å². The van der Waals surface area contributed by atoms with Crippen molar-refractivity contribution >= 4 is 5.57 Å². The van der Waals surface area contributed by atoms with Crippen molar-refractivity contribution in [3.63, 3.8) is 0 Å². The fraction of sp³-hybridized carbons (Fsp3) is 0.0909. The fourth-order valence-corrected chi connectivity index (χ4v) is 1.36. The molecule has 0 radical (unpaired) electrons. The predicted molar refractivity (Wildman–Crippen MR) is 52.7 cm³/mol. The van der Waals surface area contributed by atoms with Crippen molar-refractivity contribution in [2.45, 2.75) is 6.23 Å². The molecule has 66 valence electrons. The molecule has 0 aromatic heterocycles. The van der Waals surface area contributed by atoms with E-state index >= 15 is 0 Å². The Morgan fingerprint density at radius 1 is 1.15 bits per heavy atom. The van der Waals surface area contributed by atoms with Crippen LogP contribution >= 0.6 is 0 Å². The Morgan fingerprint density at radius 3 is 2.62 bits per heavy atom. The van der Waals surface area contributed by atoms with Gasteiger partial charge in [0.25, 0.3) is 0 Å². The van der Waals surface area contributed by atoms with Crippen molar-refractivity contribution in [3.8, 4) is 0 Å². The van der Waals surface area contributed by atoms with Crippen LogP contribution in [0.4, 0.5) is 0 Å². The van der Waals surface area contributed by atoms with Gasteiger partial charge in [-0.3, -0.25) is 0 Å². The summed E-state index contributed by atoms with van der Waals surface area (Å²) < 4.78 is 0. The molecule has 0 aliphatic carbocycles. The average Bonchev–Trinajstić information content (AvgIpc) is 2.20. The highest BCUT2D eigenvalue weighted by Crippen LogP contribution is 2.18. The number of aliphatic hydroxyl groups is 1. The minimum atomic E-state index is -0.590. The summed E-state index contributed by atoms with van der Waals surface area (Å²) in [6.07, 6.45) is 4.94. The molecule has 1 heterocycles. The third-order valence-electron chi connectivity index (χ3n) is 2.03. The molecule has 1 aromatic rings. The molecule has 2 heteroatoms. The highest BCUT2D eigenvalue weighted by Gasteiger charge is 2.11. The molecule has 1 aliphatic heterocycles. The van der Waals surface area contributed by atoms with Gasteiger partial charge in [0.2, 0.25) is 0 Å². The summed E-state index contributed by atoms with van der Waals surface area (Å²) >= 11 is 0. The molecular weight excluding hydrogens is 162 g/mol. The van der Waals surface area contributed by atoms with E-state index < -0.39 is 6.23 Å². The molecular formula is C11H11NO. The molecule has 0 saturated carbocycles. The first-order chi connectivity index (χ1) is 6.38. The maximum absolute atomic E-state index is 9.59. The Hall–Kier alpha value is -1.54. The first kappa shape index (κ1) is 8.08. The van der Waals surface area contributed by atoms with Gasteiger partial charge in [0.15, 0.2) is 6.23 Å². The average molecular weight is 173 g/mol. The van der Waals surface area contributed by atoms with Gasteiger partial charge in [0.05, 0.1) is 0 Å². The molecule has 1 aromatic carbocycles. The van der Waals surface area contributed by atoms with Crippen LogP contribution in [0, 0.1) is 0 Å². The van der Waals surface area contributed by atoms with Gasteiger partial charge in [-0.05, 0) is 17.8 Å². The normalized spacial score (nSPS) is 20.7. The lowest BCUT2D eigenvalue weighted by Crippen LogP contribution is -2.26. The topological polar surface area (TPSA) is 32.3 Å². The summed E-state index contributed by atoms with van der Waals surface area (Å²) in [7, 11) is 0. The lowest BCUT2D eigenvalue weighted by Gasteiger charge is -2.17. The van der Waals surface area contributed by atoms with Crippen LogP contribution in [0.15, 0.2) is 48.7 Å². The van der Waals surface area contributed by atoms with Crippen molar-refractivity contribution in [1.29, 1.82) is 0 Å². The van der Waals surface area contributed by atoms with Gasteiger partial charge in [0.1, 0.15) is 0 Å². The van der Waals surface area contributed by atoms with Gasteiger partial charge < -0.3 is 10.4 Å². The van der Waals surface area contributed by atoms with E-state index in [1.54, 1.807) is 6.20 Å². The van der Waals surface area contributed by atoms with E-state index in [-0.39, 0.29) is 0 Å². The SMILES string of the molecule is OC1NC=CC=C1c1ccccc1. The molecule has 0 saturated heterocycles. The maximum Gasteiger partial charge on any atom is 0.150 e. The van der Waals surface area contributed by atoms with Gasteiger partial charge in [0, 0.05) is 5.57 Å². The van der Waals surface area contributed by atoms with E-state index in [4.69, 9.17) is 0 Å². The number of hydrogen-bond donors (Lipinski definition) is 2. The zero-order valence-electron chi connectivity index (χ0n) is 7.14. The smallest absolute Gasteiger partial charge is 0.150 e. The van der Waals surface area contributed by atoms with E-state index in [0.717, 1.165) is 11.1 Å². The third kappa shape index (κ3) is 1.63. The van der Waals surface area contributed by atoms with Gasteiger partial charge in [-0.1, -0.05) is 36.4 Å². The Morgan fingerprint density at radius 2 is 1.92 bits per heavy atom. The summed E-state index contributed by atoms with van der Waals surface area (Å²) in [4.78, 5) is 0. The Bertz CT molecular complexity index is 340. The molecule has 1 atom stereocenters. The van der Waals surface area contributed by atoms with Crippen LogP contribution in [-0.2, 0) is 0 Å². The predicted octanol–water partition coefficient (Wildman–Crippen LogP) is 1.51. The Balaban J connectivity index is 2.35. The first-order valence-corrected chi connectivity index (χ1v) is 4.24. The number of nitrogens with one attached hydrogen (secondary N) is 1. The van der Waals surface area contributed by atoms with E-state index in [0.29, 0.717) is 0 Å². The van der Waals surface area contributed by atoms with Gasteiger partial charge in [-0.15, -0.1) is 0 Å². The fourth-order valence-electron chi connectivity index (χ4n) is 1.36. The molecule has 0 bridgehead atoms. The van der Waals surface area contributed by atoms with Crippen LogP contribution in [-0.4, -0.2) is 11.3 Å². The minimum absolute atomic E-state index is 0.590. The zero-order chi connectivity index (χ0) is 9.10. The van der Waals surface area contributed by atoms with Gasteiger partial charge >= 0.3 is 0 Å². The molecule has 13 heavy (non-hydrogen) atoms. The summed E-state index contributed by atoms with van der Waals surface area (Å²) in [6.45, 7) is 0.